The zero-order valence-corrected chi connectivity index (χ0v) is 12.1. The molecule has 1 N–H and O–H groups in total. The van der Waals surface area contributed by atoms with E-state index in [1.807, 2.05) is 31.2 Å². The van der Waals surface area contributed by atoms with Gasteiger partial charge in [0.1, 0.15) is 0 Å². The zero-order valence-electron chi connectivity index (χ0n) is 12.1. The average Bonchev–Trinajstić information content (AvgIpc) is 3.18. The fourth-order valence-electron chi connectivity index (χ4n) is 2.05. The largest absolute Gasteiger partial charge is 0.459 e. The Bertz CT molecular complexity index is 763. The van der Waals surface area contributed by atoms with Crippen LogP contribution in [0.3, 0.4) is 0 Å². The molecule has 0 aliphatic heterocycles. The van der Waals surface area contributed by atoms with Crippen LogP contribution in [-0.2, 0) is 17.8 Å². The van der Waals surface area contributed by atoms with Crippen LogP contribution in [0.4, 0.5) is 0 Å². The monoisotopic (exact) mass is 297 g/mol. The fourth-order valence-corrected chi connectivity index (χ4v) is 2.05. The topological polar surface area (TPSA) is 81.2 Å². The van der Waals surface area contributed by atoms with E-state index in [1.165, 1.54) is 6.26 Å². The molecule has 22 heavy (non-hydrogen) atoms. The van der Waals surface area contributed by atoms with Gasteiger partial charge in [-0.15, -0.1) is 0 Å². The Kier molecular flexibility index (Phi) is 4.00. The highest BCUT2D eigenvalue weighted by Gasteiger charge is 2.12. The number of furan rings is 1. The Labute approximate surface area is 127 Å². The van der Waals surface area contributed by atoms with Crippen LogP contribution in [0.2, 0.25) is 0 Å². The van der Waals surface area contributed by atoms with Crippen LogP contribution >= 0.6 is 0 Å². The van der Waals surface area contributed by atoms with E-state index >= 15 is 0 Å². The molecule has 6 nitrogen and oxygen atoms in total. The lowest BCUT2D eigenvalue weighted by Crippen LogP contribution is -2.25. The predicted octanol–water partition coefficient (Wildman–Crippen LogP) is 2.50. The number of aryl methyl sites for hydroxylation is 1. The first-order chi connectivity index (χ1) is 10.7. The van der Waals surface area contributed by atoms with Gasteiger partial charge in [0, 0.05) is 0 Å². The van der Waals surface area contributed by atoms with Crippen LogP contribution < -0.4 is 5.32 Å². The second-order valence-corrected chi connectivity index (χ2v) is 4.87. The second kappa shape index (κ2) is 6.26. The molecule has 0 aliphatic rings. The minimum absolute atomic E-state index is 0.0846. The molecule has 1 aromatic carbocycles. The summed E-state index contributed by atoms with van der Waals surface area (Å²) >= 11 is 0. The van der Waals surface area contributed by atoms with Gasteiger partial charge in [-0.05, 0) is 30.2 Å². The van der Waals surface area contributed by atoms with Crippen LogP contribution in [0.5, 0.6) is 0 Å². The Morgan fingerprint density at radius 1 is 1.23 bits per heavy atom. The Hall–Kier alpha value is -2.89. The lowest BCUT2D eigenvalue weighted by Gasteiger charge is -2.05. The van der Waals surface area contributed by atoms with Crippen molar-refractivity contribution in [1.29, 1.82) is 0 Å². The van der Waals surface area contributed by atoms with Gasteiger partial charge in [-0.3, -0.25) is 4.79 Å². The molecular formula is C16H15N3O3. The highest BCUT2D eigenvalue weighted by atomic mass is 16.5. The van der Waals surface area contributed by atoms with Gasteiger partial charge in [0.2, 0.25) is 5.91 Å². The van der Waals surface area contributed by atoms with E-state index < -0.39 is 0 Å². The molecule has 112 valence electrons. The summed E-state index contributed by atoms with van der Waals surface area (Å²) in [5, 5.41) is 6.59. The number of aromatic nitrogens is 2. The number of carbonyl (C=O) groups excluding carboxylic acids is 1. The molecule has 0 saturated heterocycles. The van der Waals surface area contributed by atoms with Crippen molar-refractivity contribution < 1.29 is 13.7 Å². The maximum atomic E-state index is 12.0. The van der Waals surface area contributed by atoms with Gasteiger partial charge >= 0.3 is 0 Å². The number of hydrogen-bond acceptors (Lipinski definition) is 5. The van der Waals surface area contributed by atoms with Crippen LogP contribution in [0.15, 0.2) is 51.6 Å². The summed E-state index contributed by atoms with van der Waals surface area (Å²) in [5.74, 6) is 1.13. The molecule has 0 bridgehead atoms. The second-order valence-electron chi connectivity index (χ2n) is 4.87. The van der Waals surface area contributed by atoms with Crippen LogP contribution in [0.25, 0.3) is 11.7 Å². The first-order valence-electron chi connectivity index (χ1n) is 6.90. The maximum absolute atomic E-state index is 12.0. The van der Waals surface area contributed by atoms with Crippen molar-refractivity contribution in [3.8, 4) is 11.7 Å². The number of rotatable bonds is 5. The summed E-state index contributed by atoms with van der Waals surface area (Å²) in [6.07, 6.45) is 1.86. The molecule has 0 radical (unpaired) electrons. The van der Waals surface area contributed by atoms with Gasteiger partial charge in [-0.1, -0.05) is 29.4 Å². The van der Waals surface area contributed by atoms with E-state index in [4.69, 9.17) is 8.94 Å². The maximum Gasteiger partial charge on any atom is 0.293 e. The zero-order chi connectivity index (χ0) is 15.4. The van der Waals surface area contributed by atoms with E-state index in [9.17, 15) is 4.79 Å². The first-order valence-corrected chi connectivity index (χ1v) is 6.90. The van der Waals surface area contributed by atoms with Gasteiger partial charge in [0.15, 0.2) is 11.6 Å². The standard InChI is InChI=1S/C16H15N3O3/c1-11-5-2-3-6-12(11)9-15(20)17-10-14-18-16(22-19-14)13-7-4-8-21-13/h2-8H,9-10H2,1H3,(H,17,20). The number of carbonyl (C=O) groups is 1. The van der Waals surface area contributed by atoms with Crippen molar-refractivity contribution in [2.24, 2.45) is 0 Å². The lowest BCUT2D eigenvalue weighted by atomic mass is 10.1. The summed E-state index contributed by atoms with van der Waals surface area (Å²) in [5.41, 5.74) is 2.10. The SMILES string of the molecule is Cc1ccccc1CC(=O)NCc1noc(-c2ccco2)n1. The highest BCUT2D eigenvalue weighted by Crippen LogP contribution is 2.16. The minimum Gasteiger partial charge on any atom is -0.459 e. The van der Waals surface area contributed by atoms with E-state index in [0.717, 1.165) is 11.1 Å². The van der Waals surface area contributed by atoms with Crippen molar-refractivity contribution in [2.45, 2.75) is 19.9 Å². The predicted molar refractivity (Wildman–Crippen MR) is 78.7 cm³/mol. The van der Waals surface area contributed by atoms with Gasteiger partial charge in [-0.25, -0.2) is 0 Å². The summed E-state index contributed by atoms with van der Waals surface area (Å²) in [4.78, 5) is 16.1. The van der Waals surface area contributed by atoms with Crippen molar-refractivity contribution in [1.82, 2.24) is 15.5 Å². The molecule has 2 aromatic heterocycles. The number of hydrogen-bond donors (Lipinski definition) is 1. The fraction of sp³-hybridized carbons (Fsp3) is 0.188. The molecule has 0 aliphatic carbocycles. The summed E-state index contributed by atoms with van der Waals surface area (Å²) in [6, 6.07) is 11.3. The number of nitrogens with zero attached hydrogens (tertiary/aromatic N) is 2. The number of amides is 1. The molecule has 3 aromatic rings. The van der Waals surface area contributed by atoms with E-state index in [2.05, 4.69) is 15.5 Å². The first kappa shape index (κ1) is 14.1. The average molecular weight is 297 g/mol. The van der Waals surface area contributed by atoms with Crippen molar-refractivity contribution in [3.05, 3.63) is 59.6 Å². The molecule has 0 unspecified atom stereocenters. The third kappa shape index (κ3) is 3.22. The normalized spacial score (nSPS) is 10.6. The lowest BCUT2D eigenvalue weighted by molar-refractivity contribution is -0.120. The molecule has 0 spiro atoms. The quantitative estimate of drug-likeness (QED) is 0.782. The van der Waals surface area contributed by atoms with E-state index in [1.54, 1.807) is 12.1 Å². The van der Waals surface area contributed by atoms with Gasteiger partial charge in [-0.2, -0.15) is 4.98 Å². The van der Waals surface area contributed by atoms with Crippen LogP contribution in [-0.4, -0.2) is 16.0 Å². The number of benzene rings is 1. The summed E-state index contributed by atoms with van der Waals surface area (Å²) < 4.78 is 10.2. The molecule has 0 atom stereocenters. The molecule has 1 amide bonds. The molecule has 0 saturated carbocycles. The Balaban J connectivity index is 1.56. The van der Waals surface area contributed by atoms with Crippen molar-refractivity contribution >= 4 is 5.91 Å². The van der Waals surface area contributed by atoms with Crippen LogP contribution in [0.1, 0.15) is 17.0 Å². The Morgan fingerprint density at radius 3 is 2.86 bits per heavy atom. The highest BCUT2D eigenvalue weighted by molar-refractivity contribution is 5.78. The van der Waals surface area contributed by atoms with Gasteiger partial charge in [0.25, 0.3) is 5.89 Å². The third-order valence-corrected chi connectivity index (χ3v) is 3.26. The summed E-state index contributed by atoms with van der Waals surface area (Å²) in [7, 11) is 0. The minimum atomic E-state index is -0.0846. The smallest absolute Gasteiger partial charge is 0.293 e. The Morgan fingerprint density at radius 2 is 2.09 bits per heavy atom. The van der Waals surface area contributed by atoms with Crippen LogP contribution in [0, 0.1) is 6.92 Å². The third-order valence-electron chi connectivity index (χ3n) is 3.26. The molecule has 3 rings (SSSR count). The number of nitrogens with one attached hydrogen (secondary N) is 1. The molecule has 6 heteroatoms. The van der Waals surface area contributed by atoms with E-state index in [0.29, 0.717) is 23.9 Å². The molecule has 2 heterocycles. The van der Waals surface area contributed by atoms with Gasteiger partial charge in [0.05, 0.1) is 19.2 Å². The van der Waals surface area contributed by atoms with Crippen molar-refractivity contribution in [3.63, 3.8) is 0 Å². The molecule has 0 fully saturated rings. The molecular weight excluding hydrogens is 282 g/mol. The van der Waals surface area contributed by atoms with Gasteiger partial charge < -0.3 is 14.3 Å². The van der Waals surface area contributed by atoms with E-state index in [-0.39, 0.29) is 12.5 Å². The van der Waals surface area contributed by atoms with Crippen molar-refractivity contribution in [2.75, 3.05) is 0 Å². The summed E-state index contributed by atoms with van der Waals surface area (Å²) in [6.45, 7) is 2.20.